The van der Waals surface area contributed by atoms with E-state index in [0.717, 1.165) is 51.8 Å². The average Bonchev–Trinajstić information content (AvgIpc) is 3.95. The second kappa shape index (κ2) is 25.0. The summed E-state index contributed by atoms with van der Waals surface area (Å²) in [6.07, 6.45) is -14.1. The van der Waals surface area contributed by atoms with Gasteiger partial charge in [0.15, 0.2) is 12.5 Å². The molecule has 23 heteroatoms. The Kier molecular flexibility index (Phi) is 19.1. The van der Waals surface area contributed by atoms with E-state index >= 15 is 0 Å². The first-order chi connectivity index (χ1) is 35.5. The van der Waals surface area contributed by atoms with Crippen LogP contribution in [0, 0.1) is 5.92 Å². The summed E-state index contributed by atoms with van der Waals surface area (Å²) in [4.78, 5) is 85.4. The van der Waals surface area contributed by atoms with Gasteiger partial charge < -0.3 is 87.1 Å². The van der Waals surface area contributed by atoms with Crippen molar-refractivity contribution in [3.05, 3.63) is 108 Å². The van der Waals surface area contributed by atoms with Crippen LogP contribution >= 0.6 is 0 Å². The number of carbonyl (C=O) groups is 6. The van der Waals surface area contributed by atoms with E-state index in [4.69, 9.17) is 15.2 Å². The molecule has 2 aliphatic rings. The third-order valence-electron chi connectivity index (χ3n) is 13.4. The average molecular weight is 1040 g/mol. The van der Waals surface area contributed by atoms with E-state index in [2.05, 4.69) is 21.3 Å². The number of hydrogen-bond acceptors (Lipinski definition) is 17. The normalized spacial score (nSPS) is 22.1. The van der Waals surface area contributed by atoms with Crippen molar-refractivity contribution in [3.63, 3.8) is 0 Å². The minimum absolute atomic E-state index is 0.0463. The van der Waals surface area contributed by atoms with Gasteiger partial charge in [-0.05, 0) is 78.1 Å². The van der Waals surface area contributed by atoms with Crippen molar-refractivity contribution in [2.75, 3.05) is 27.3 Å². The molecule has 0 bridgehead atoms. The number of hydrogen-bond donors (Lipinski definition) is 13. The molecular weight excluding hydrogens is 979 g/mol. The summed E-state index contributed by atoms with van der Waals surface area (Å²) in [5.74, 6) is -6.72. The molecule has 4 aromatic carbocycles. The number of rotatable bonds is 20. The second-order valence-corrected chi connectivity index (χ2v) is 18.8. The molecule has 6 amide bonds. The molecule has 1 unspecified atom stereocenters. The molecular formula is C52H65N7O16. The van der Waals surface area contributed by atoms with Crippen LogP contribution in [0.4, 0.5) is 0 Å². The van der Waals surface area contributed by atoms with Crippen LogP contribution in [0.5, 0.6) is 11.5 Å². The zero-order valence-corrected chi connectivity index (χ0v) is 41.8. The minimum atomic E-state index is -2.24. The molecule has 2 heterocycles. The van der Waals surface area contributed by atoms with E-state index in [1.54, 1.807) is 19.2 Å². The van der Waals surface area contributed by atoms with E-state index in [0.29, 0.717) is 0 Å². The molecule has 2 saturated heterocycles. The number of ether oxygens (including phenoxy) is 2. The third kappa shape index (κ3) is 13.4. The predicted molar refractivity (Wildman–Crippen MR) is 267 cm³/mol. The van der Waals surface area contributed by atoms with Gasteiger partial charge in [-0.25, -0.2) is 0 Å². The number of methoxy groups -OCH3 is 2. The standard InChI is InChI=1S/C52H65N7O16/c1-25-23-59(41(42(25)64)49(70)57-45(52(73)75-5)56-46(67)33-12-10-30(11-13-33)28-6-8-29(9-7-28)31-16-20-36(74-4)21-17-31)51(72)39(27(3)61)54-48(69)40(44(66)43(65)32-14-18-34(62)19-15-32)55-47(68)37-22-35(63)24-58(37)50(71)38(53)26(2)60/h6-21,25-27,35,37-45,52,60-66,73H,22-24,53H2,1-5H3,(H,54,69)(H,55,68)(H,56,67)(H,57,70)/t25-,26+,27+,35+,37-,38-,39-,40-,41-,42-,43-,44-,45?,52+/m0/s1. The van der Waals surface area contributed by atoms with E-state index < -0.39 is 127 Å². The summed E-state index contributed by atoms with van der Waals surface area (Å²) in [7, 11) is 2.69. The first-order valence-electron chi connectivity index (χ1n) is 24.1. The number of aliphatic hydroxyl groups excluding tert-OH is 7. The maximum Gasteiger partial charge on any atom is 0.253 e. The molecule has 0 spiro atoms. The Morgan fingerprint density at radius 3 is 1.72 bits per heavy atom. The first kappa shape index (κ1) is 57.2. The predicted octanol–water partition coefficient (Wildman–Crippen LogP) is -1.81. The number of nitrogens with two attached hydrogens (primary N) is 1. The van der Waals surface area contributed by atoms with Gasteiger partial charge in [-0.3, -0.25) is 28.8 Å². The zero-order valence-electron chi connectivity index (χ0n) is 41.8. The van der Waals surface area contributed by atoms with Crippen LogP contribution in [0.15, 0.2) is 97.1 Å². The summed E-state index contributed by atoms with van der Waals surface area (Å²) in [6.45, 7) is 3.12. The Labute approximate surface area is 431 Å². The van der Waals surface area contributed by atoms with Crippen molar-refractivity contribution in [3.8, 4) is 33.8 Å². The van der Waals surface area contributed by atoms with Crippen molar-refractivity contribution >= 4 is 35.4 Å². The fourth-order valence-electron chi connectivity index (χ4n) is 8.90. The Balaban J connectivity index is 1.18. The monoisotopic (exact) mass is 1040 g/mol. The quantitative estimate of drug-likeness (QED) is 0.0434. The van der Waals surface area contributed by atoms with Crippen LogP contribution in [0.2, 0.25) is 0 Å². The van der Waals surface area contributed by atoms with Crippen LogP contribution in [0.25, 0.3) is 22.3 Å². The molecule has 2 aliphatic heterocycles. The molecule has 0 saturated carbocycles. The number of benzene rings is 4. The summed E-state index contributed by atoms with van der Waals surface area (Å²) >= 11 is 0. The molecule has 4 aromatic rings. The fourth-order valence-corrected chi connectivity index (χ4v) is 8.90. The molecule has 75 heavy (non-hydrogen) atoms. The number of amides is 6. The fraction of sp³-hybridized carbons (Fsp3) is 0.423. The lowest BCUT2D eigenvalue weighted by molar-refractivity contribution is -0.149. The van der Waals surface area contributed by atoms with Crippen molar-refractivity contribution in [2.45, 2.75) is 106 Å². The molecule has 23 nitrogen and oxygen atoms in total. The molecule has 0 radical (unpaired) electrons. The first-order valence-corrected chi connectivity index (χ1v) is 24.1. The highest BCUT2D eigenvalue weighted by Crippen LogP contribution is 2.29. The number of nitrogens with zero attached hydrogens (tertiary/aromatic N) is 2. The van der Waals surface area contributed by atoms with Gasteiger partial charge >= 0.3 is 0 Å². The van der Waals surface area contributed by atoms with Gasteiger partial charge in [-0.1, -0.05) is 67.6 Å². The number of likely N-dealkylation sites (tertiary alicyclic amines) is 2. The number of carbonyl (C=O) groups excluding carboxylic acids is 6. The van der Waals surface area contributed by atoms with Crippen LogP contribution in [-0.2, 0) is 28.7 Å². The van der Waals surface area contributed by atoms with Gasteiger partial charge in [-0.2, -0.15) is 0 Å². The number of phenols is 1. The van der Waals surface area contributed by atoms with E-state index in [9.17, 15) is 69.6 Å². The molecule has 2 fully saturated rings. The van der Waals surface area contributed by atoms with Gasteiger partial charge in [0.25, 0.3) is 5.91 Å². The van der Waals surface area contributed by atoms with Crippen molar-refractivity contribution in [1.29, 1.82) is 0 Å². The van der Waals surface area contributed by atoms with Crippen LogP contribution in [0.3, 0.4) is 0 Å². The summed E-state index contributed by atoms with van der Waals surface area (Å²) in [6, 6.07) is 17.6. The van der Waals surface area contributed by atoms with Crippen LogP contribution in [-0.4, -0.2) is 187 Å². The lowest BCUT2D eigenvalue weighted by Gasteiger charge is -2.34. The van der Waals surface area contributed by atoms with Gasteiger partial charge in [-0.15, -0.1) is 0 Å². The summed E-state index contributed by atoms with van der Waals surface area (Å²) in [5, 5.41) is 95.7. The Morgan fingerprint density at radius 2 is 1.20 bits per heavy atom. The van der Waals surface area contributed by atoms with E-state index in [1.165, 1.54) is 50.2 Å². The molecule has 404 valence electrons. The SMILES string of the molecule is COc1ccc(-c2ccc(-c3ccc(C(=O)NC(NC(=O)[C@@H]4[C@@H](O)[C@@H](C)CN4C(=O)[C@@H](NC(=O)[C@@H](NC(=O)[C@@H]4C[C@@H](O)CN4C(=O)[C@@H](N)[C@@H](C)O)[C@H](O)[C@@H](O)c4ccc(O)cc4)[C@@H](C)O)[C@H](O)OC)cc3)cc2)cc1. The molecule has 0 aromatic heterocycles. The maximum absolute atomic E-state index is 14.5. The van der Waals surface area contributed by atoms with E-state index in [1.807, 2.05) is 48.5 Å². The molecule has 6 rings (SSSR count). The minimum Gasteiger partial charge on any atom is -0.508 e. The summed E-state index contributed by atoms with van der Waals surface area (Å²) in [5.41, 5.74) is 9.53. The van der Waals surface area contributed by atoms with E-state index in [-0.39, 0.29) is 29.8 Å². The number of aromatic hydroxyl groups is 1. The third-order valence-corrected chi connectivity index (χ3v) is 13.4. The van der Waals surface area contributed by atoms with Gasteiger partial charge in [0.05, 0.1) is 31.5 Å². The van der Waals surface area contributed by atoms with Crippen molar-refractivity contribution in [2.24, 2.45) is 11.7 Å². The van der Waals surface area contributed by atoms with Crippen LogP contribution < -0.4 is 31.7 Å². The Hall–Kier alpha value is -7.06. The molecule has 0 aliphatic carbocycles. The topological polar surface area (TPSA) is 363 Å². The van der Waals surface area contributed by atoms with Crippen molar-refractivity contribution in [1.82, 2.24) is 31.1 Å². The van der Waals surface area contributed by atoms with Crippen molar-refractivity contribution < 1.29 is 79.1 Å². The highest BCUT2D eigenvalue weighted by molar-refractivity contribution is 5.98. The largest absolute Gasteiger partial charge is 0.508 e. The Morgan fingerprint density at radius 1 is 0.653 bits per heavy atom. The number of β-amino-alcohol motifs (C(OH)–C–C–N with tert-alkyl or cyclic N) is 1. The summed E-state index contributed by atoms with van der Waals surface area (Å²) < 4.78 is 10.3. The maximum atomic E-state index is 14.5. The van der Waals surface area contributed by atoms with Gasteiger partial charge in [0.1, 0.15) is 53.9 Å². The molecule has 14 N–H and O–H groups in total. The smallest absolute Gasteiger partial charge is 0.253 e. The van der Waals surface area contributed by atoms with Gasteiger partial charge in [0.2, 0.25) is 29.5 Å². The molecule has 14 atom stereocenters. The van der Waals surface area contributed by atoms with Gasteiger partial charge in [0, 0.05) is 38.1 Å². The van der Waals surface area contributed by atoms with Crippen LogP contribution in [0.1, 0.15) is 49.2 Å². The second-order valence-electron chi connectivity index (χ2n) is 18.8. The Bertz CT molecular complexity index is 2620. The number of phenolic OH excluding ortho intramolecular Hbond substituents is 1. The highest BCUT2D eigenvalue weighted by atomic mass is 16.6. The number of aliphatic hydroxyl groups is 7. The lowest BCUT2D eigenvalue weighted by atomic mass is 9.96. The number of nitrogens with one attached hydrogen (secondary N) is 4. The lowest BCUT2D eigenvalue weighted by Crippen LogP contribution is -2.64. The zero-order chi connectivity index (χ0) is 55.0. The highest BCUT2D eigenvalue weighted by Gasteiger charge is 2.50.